The van der Waals surface area contributed by atoms with Gasteiger partial charge in [-0.1, -0.05) is 24.3 Å². The molecular weight excluding hydrogens is 284 g/mol. The standard InChI is InChI=1S/C17H24O5/c1-2-4-16-15(3-1)17(16)5-6-18-7-8-19-9-10-20-11-12-21-13-14-22-17/h1-4H,5-14H2. The molecule has 22 heavy (non-hydrogen) atoms. The predicted molar refractivity (Wildman–Crippen MR) is 81.1 cm³/mol. The molecule has 0 unspecified atom stereocenters. The second-order valence-corrected chi connectivity index (χ2v) is 5.42. The van der Waals surface area contributed by atoms with Gasteiger partial charge in [0.1, 0.15) is 5.60 Å². The molecule has 1 saturated heterocycles. The van der Waals surface area contributed by atoms with Crippen molar-refractivity contribution in [3.63, 3.8) is 0 Å². The average Bonchev–Trinajstić information content (AvgIpc) is 3.18. The first-order chi connectivity index (χ1) is 10.9. The van der Waals surface area contributed by atoms with Crippen molar-refractivity contribution in [3.8, 4) is 0 Å². The van der Waals surface area contributed by atoms with Crippen LogP contribution in [0.1, 0.15) is 17.5 Å². The van der Waals surface area contributed by atoms with E-state index in [2.05, 4.69) is 24.3 Å². The molecule has 0 radical (unpaired) electrons. The zero-order chi connectivity index (χ0) is 15.1. The molecule has 1 heterocycles. The van der Waals surface area contributed by atoms with Gasteiger partial charge in [-0.15, -0.1) is 0 Å². The van der Waals surface area contributed by atoms with Crippen LogP contribution in [0.5, 0.6) is 0 Å². The highest BCUT2D eigenvalue weighted by molar-refractivity contribution is 5.56. The Labute approximate surface area is 131 Å². The van der Waals surface area contributed by atoms with Crippen LogP contribution in [0.15, 0.2) is 24.3 Å². The first-order valence-corrected chi connectivity index (χ1v) is 7.98. The van der Waals surface area contributed by atoms with E-state index in [0.29, 0.717) is 59.5 Å². The van der Waals surface area contributed by atoms with Crippen molar-refractivity contribution in [3.05, 3.63) is 35.4 Å². The van der Waals surface area contributed by atoms with E-state index in [1.54, 1.807) is 0 Å². The second-order valence-electron chi connectivity index (χ2n) is 5.42. The maximum absolute atomic E-state index is 6.13. The van der Waals surface area contributed by atoms with E-state index in [1.807, 2.05) is 0 Å². The lowest BCUT2D eigenvalue weighted by atomic mass is 10.1. The molecule has 0 saturated carbocycles. The van der Waals surface area contributed by atoms with Gasteiger partial charge in [0, 0.05) is 6.42 Å². The van der Waals surface area contributed by atoms with Crippen LogP contribution >= 0.6 is 0 Å². The van der Waals surface area contributed by atoms with Crippen molar-refractivity contribution in [2.75, 3.05) is 59.5 Å². The van der Waals surface area contributed by atoms with Crippen molar-refractivity contribution in [1.82, 2.24) is 0 Å². The van der Waals surface area contributed by atoms with Crippen LogP contribution in [-0.4, -0.2) is 59.5 Å². The van der Waals surface area contributed by atoms with Crippen molar-refractivity contribution in [2.24, 2.45) is 0 Å². The van der Waals surface area contributed by atoms with E-state index in [9.17, 15) is 0 Å². The number of rotatable bonds is 0. The lowest BCUT2D eigenvalue weighted by Gasteiger charge is -2.18. The summed E-state index contributed by atoms with van der Waals surface area (Å²) < 4.78 is 28.2. The summed E-state index contributed by atoms with van der Waals surface area (Å²) in [6, 6.07) is 8.37. The summed E-state index contributed by atoms with van der Waals surface area (Å²) in [6.07, 6.45) is 0.843. The Morgan fingerprint density at radius 1 is 0.591 bits per heavy atom. The third kappa shape index (κ3) is 3.86. The van der Waals surface area contributed by atoms with E-state index in [0.717, 1.165) is 6.42 Å². The van der Waals surface area contributed by atoms with Crippen LogP contribution in [0.2, 0.25) is 0 Å². The molecule has 0 aromatic heterocycles. The second kappa shape index (κ2) is 8.04. The molecule has 1 spiro atoms. The molecule has 1 aromatic rings. The van der Waals surface area contributed by atoms with Gasteiger partial charge in [0.2, 0.25) is 0 Å². The van der Waals surface area contributed by atoms with Gasteiger partial charge < -0.3 is 23.7 Å². The number of fused-ring (bicyclic) bond motifs is 3. The van der Waals surface area contributed by atoms with Gasteiger partial charge in [-0.05, 0) is 11.1 Å². The minimum absolute atomic E-state index is 0.263. The SMILES string of the molecule is c1ccc2c(c1)C21CCOCCOCCOCCOCCO1. The van der Waals surface area contributed by atoms with Crippen LogP contribution in [0.25, 0.3) is 0 Å². The first kappa shape index (κ1) is 15.9. The Balaban J connectivity index is 1.53. The molecule has 3 rings (SSSR count). The minimum Gasteiger partial charge on any atom is -0.379 e. The van der Waals surface area contributed by atoms with E-state index >= 15 is 0 Å². The third-order valence-electron chi connectivity index (χ3n) is 4.03. The van der Waals surface area contributed by atoms with Gasteiger partial charge in [0.15, 0.2) is 0 Å². The van der Waals surface area contributed by atoms with E-state index in [-0.39, 0.29) is 5.60 Å². The van der Waals surface area contributed by atoms with Crippen molar-refractivity contribution in [2.45, 2.75) is 12.0 Å². The Kier molecular flexibility index (Phi) is 5.81. The van der Waals surface area contributed by atoms with Crippen molar-refractivity contribution < 1.29 is 23.7 Å². The van der Waals surface area contributed by atoms with E-state index in [4.69, 9.17) is 23.7 Å². The Bertz CT molecular complexity index is 421. The van der Waals surface area contributed by atoms with Crippen LogP contribution in [-0.2, 0) is 29.3 Å². The fourth-order valence-electron chi connectivity index (χ4n) is 2.85. The number of ether oxygens (including phenoxy) is 5. The zero-order valence-corrected chi connectivity index (χ0v) is 12.9. The summed E-state index contributed by atoms with van der Waals surface area (Å²) in [5, 5.41) is 0. The molecule has 1 aromatic carbocycles. The molecular formula is C17H24O5. The summed E-state index contributed by atoms with van der Waals surface area (Å²) in [5.74, 6) is 0. The Morgan fingerprint density at radius 2 is 1.05 bits per heavy atom. The van der Waals surface area contributed by atoms with E-state index < -0.39 is 0 Å². The van der Waals surface area contributed by atoms with Gasteiger partial charge >= 0.3 is 0 Å². The Morgan fingerprint density at radius 3 is 1.59 bits per heavy atom. The van der Waals surface area contributed by atoms with Gasteiger partial charge in [-0.2, -0.15) is 0 Å². The Hall–Kier alpha value is -0.980. The van der Waals surface area contributed by atoms with Crippen molar-refractivity contribution >= 4 is 0 Å². The van der Waals surface area contributed by atoms with Crippen molar-refractivity contribution in [1.29, 1.82) is 0 Å². The van der Waals surface area contributed by atoms with E-state index in [1.165, 1.54) is 11.1 Å². The lowest BCUT2D eigenvalue weighted by Crippen LogP contribution is -2.21. The quantitative estimate of drug-likeness (QED) is 0.730. The van der Waals surface area contributed by atoms with Gasteiger partial charge in [0.25, 0.3) is 0 Å². The summed E-state index contributed by atoms with van der Waals surface area (Å²) in [7, 11) is 0. The average molecular weight is 308 g/mol. The molecule has 5 nitrogen and oxygen atoms in total. The third-order valence-corrected chi connectivity index (χ3v) is 4.03. The summed E-state index contributed by atoms with van der Waals surface area (Å²) in [4.78, 5) is 0. The van der Waals surface area contributed by atoms with Crippen LogP contribution in [0, 0.1) is 0 Å². The molecule has 5 heteroatoms. The smallest absolute Gasteiger partial charge is 0.121 e. The largest absolute Gasteiger partial charge is 0.379 e. The number of benzene rings is 1. The van der Waals surface area contributed by atoms with Gasteiger partial charge in [0.05, 0.1) is 59.5 Å². The molecule has 1 aliphatic carbocycles. The molecule has 0 atom stereocenters. The molecule has 0 amide bonds. The first-order valence-electron chi connectivity index (χ1n) is 7.98. The molecule has 0 bridgehead atoms. The van der Waals surface area contributed by atoms with Crippen LogP contribution < -0.4 is 0 Å². The number of hydrogen-bond donors (Lipinski definition) is 0. The molecule has 2 aliphatic rings. The highest BCUT2D eigenvalue weighted by Crippen LogP contribution is 2.53. The normalized spacial score (nSPS) is 23.8. The van der Waals surface area contributed by atoms with Crippen LogP contribution in [0.3, 0.4) is 0 Å². The maximum Gasteiger partial charge on any atom is 0.121 e. The molecule has 0 N–H and O–H groups in total. The summed E-state index contributed by atoms with van der Waals surface area (Å²) in [6.45, 7) is 5.40. The van der Waals surface area contributed by atoms with Crippen LogP contribution in [0.4, 0.5) is 0 Å². The fourth-order valence-corrected chi connectivity index (χ4v) is 2.85. The molecule has 1 aliphatic heterocycles. The van der Waals surface area contributed by atoms with Gasteiger partial charge in [-0.25, -0.2) is 0 Å². The highest BCUT2D eigenvalue weighted by Gasteiger charge is 2.50. The summed E-state index contributed by atoms with van der Waals surface area (Å²) >= 11 is 0. The molecule has 1 fully saturated rings. The highest BCUT2D eigenvalue weighted by atomic mass is 16.6. The predicted octanol–water partition coefficient (Wildman–Crippen LogP) is 1.73. The lowest BCUT2D eigenvalue weighted by molar-refractivity contribution is -0.0559. The minimum atomic E-state index is -0.263. The molecule has 122 valence electrons. The maximum atomic E-state index is 6.13. The summed E-state index contributed by atoms with van der Waals surface area (Å²) in [5.41, 5.74) is 2.29. The zero-order valence-electron chi connectivity index (χ0n) is 12.9. The van der Waals surface area contributed by atoms with Gasteiger partial charge in [-0.3, -0.25) is 0 Å². The topological polar surface area (TPSA) is 46.2 Å². The fraction of sp³-hybridized carbons (Fsp3) is 0.647. The monoisotopic (exact) mass is 308 g/mol. The number of hydrogen-bond acceptors (Lipinski definition) is 5.